The van der Waals surface area contributed by atoms with Gasteiger partial charge in [-0.1, -0.05) is 6.07 Å². The van der Waals surface area contributed by atoms with E-state index in [0.29, 0.717) is 23.7 Å². The summed E-state index contributed by atoms with van der Waals surface area (Å²) >= 11 is 0. The fraction of sp³-hybridized carbons (Fsp3) is 0.316. The molecule has 8 nitrogen and oxygen atoms in total. The minimum absolute atomic E-state index is 0.0203. The number of benzene rings is 2. The number of carbonyl (C=O) groups is 1. The molecule has 0 fully saturated rings. The molecule has 0 atom stereocenters. The van der Waals surface area contributed by atoms with Crippen LogP contribution in [0.4, 0.5) is 5.69 Å². The third-order valence-electron chi connectivity index (χ3n) is 3.86. The summed E-state index contributed by atoms with van der Waals surface area (Å²) in [5.41, 5.74) is 0.924. The Kier molecular flexibility index (Phi) is 7.24. The first-order valence-corrected chi connectivity index (χ1v) is 9.82. The zero-order chi connectivity index (χ0) is 20.7. The molecule has 9 heteroatoms. The molecule has 0 bridgehead atoms. The van der Waals surface area contributed by atoms with Crippen molar-refractivity contribution in [3.05, 3.63) is 47.5 Å². The van der Waals surface area contributed by atoms with Gasteiger partial charge in [-0.2, -0.15) is 0 Å². The van der Waals surface area contributed by atoms with E-state index in [0.717, 1.165) is 0 Å². The summed E-state index contributed by atoms with van der Waals surface area (Å²) in [7, 11) is 0.326. The summed E-state index contributed by atoms with van der Waals surface area (Å²) < 4.78 is 48.6. The third-order valence-corrected chi connectivity index (χ3v) is 5.38. The number of esters is 1. The number of carbonyl (C=O) groups excluding carboxylic acids is 1. The lowest BCUT2D eigenvalue weighted by molar-refractivity contribution is 0.0600. The van der Waals surface area contributed by atoms with E-state index in [1.54, 1.807) is 32.2 Å². The summed E-state index contributed by atoms with van der Waals surface area (Å²) in [5, 5.41) is 0. The van der Waals surface area contributed by atoms with Crippen molar-refractivity contribution in [3.8, 4) is 11.5 Å². The van der Waals surface area contributed by atoms with Gasteiger partial charge in [-0.15, -0.1) is 0 Å². The van der Waals surface area contributed by atoms with Crippen LogP contribution in [0.2, 0.25) is 0 Å². The Hall–Kier alpha value is -2.78. The molecule has 2 aromatic rings. The van der Waals surface area contributed by atoms with Gasteiger partial charge in [0.1, 0.15) is 6.61 Å². The molecule has 0 unspecified atom stereocenters. The van der Waals surface area contributed by atoms with E-state index < -0.39 is 16.0 Å². The third kappa shape index (κ3) is 5.14. The lowest BCUT2D eigenvalue weighted by atomic mass is 10.1. The topological polar surface area (TPSA) is 100 Å². The standard InChI is InChI=1S/C19H23NO7S/c1-13-5-6-14(19(21)26-4)11-18(13)28(22,23)20-15-7-8-16(25-3)17(12-15)27-10-9-24-2/h5-8,11-12,20H,9-10H2,1-4H3. The van der Waals surface area contributed by atoms with Gasteiger partial charge in [0.2, 0.25) is 0 Å². The van der Waals surface area contributed by atoms with Crippen LogP contribution in [0.25, 0.3) is 0 Å². The Morgan fingerprint density at radius 3 is 2.39 bits per heavy atom. The Bertz CT molecular complexity index is 941. The van der Waals surface area contributed by atoms with Crippen molar-refractivity contribution in [1.29, 1.82) is 0 Å². The second kappa shape index (κ2) is 9.43. The highest BCUT2D eigenvalue weighted by molar-refractivity contribution is 7.92. The average molecular weight is 409 g/mol. The molecule has 0 saturated carbocycles. The Morgan fingerprint density at radius 2 is 1.75 bits per heavy atom. The zero-order valence-corrected chi connectivity index (χ0v) is 17.0. The highest BCUT2D eigenvalue weighted by Crippen LogP contribution is 2.31. The SMILES string of the molecule is COCCOc1cc(NS(=O)(=O)c2cc(C(=O)OC)ccc2C)ccc1OC. The molecule has 0 saturated heterocycles. The molecular weight excluding hydrogens is 386 g/mol. The van der Waals surface area contributed by atoms with Crippen LogP contribution < -0.4 is 14.2 Å². The zero-order valence-electron chi connectivity index (χ0n) is 16.1. The molecule has 2 aromatic carbocycles. The van der Waals surface area contributed by atoms with Crippen LogP contribution in [-0.4, -0.2) is 48.9 Å². The van der Waals surface area contributed by atoms with E-state index >= 15 is 0 Å². The predicted molar refractivity (Wildman–Crippen MR) is 104 cm³/mol. The number of hydrogen-bond donors (Lipinski definition) is 1. The summed E-state index contributed by atoms with van der Waals surface area (Å²) in [6, 6.07) is 9.01. The van der Waals surface area contributed by atoms with Crippen LogP contribution in [0.3, 0.4) is 0 Å². The number of ether oxygens (including phenoxy) is 4. The van der Waals surface area contributed by atoms with E-state index in [4.69, 9.17) is 14.2 Å². The lowest BCUT2D eigenvalue weighted by Gasteiger charge is -2.14. The number of aryl methyl sites for hydroxylation is 1. The van der Waals surface area contributed by atoms with Crippen molar-refractivity contribution in [3.63, 3.8) is 0 Å². The summed E-state index contributed by atoms with van der Waals surface area (Å²) in [5.74, 6) is 0.220. The Labute approximate surface area is 164 Å². The molecular formula is C19H23NO7S. The fourth-order valence-electron chi connectivity index (χ4n) is 2.43. The normalized spacial score (nSPS) is 11.0. The predicted octanol–water partition coefficient (Wildman–Crippen LogP) is 2.62. The van der Waals surface area contributed by atoms with Gasteiger partial charge in [-0.25, -0.2) is 13.2 Å². The van der Waals surface area contributed by atoms with Crippen molar-refractivity contribution in [2.24, 2.45) is 0 Å². The number of anilines is 1. The fourth-order valence-corrected chi connectivity index (χ4v) is 3.75. The molecule has 0 spiro atoms. The van der Waals surface area contributed by atoms with Gasteiger partial charge in [0.25, 0.3) is 10.0 Å². The van der Waals surface area contributed by atoms with E-state index in [1.807, 2.05) is 0 Å². The van der Waals surface area contributed by atoms with Crippen molar-refractivity contribution in [2.75, 3.05) is 39.3 Å². The van der Waals surface area contributed by atoms with E-state index in [9.17, 15) is 13.2 Å². The minimum Gasteiger partial charge on any atom is -0.493 e. The van der Waals surface area contributed by atoms with Crippen LogP contribution >= 0.6 is 0 Å². The smallest absolute Gasteiger partial charge is 0.337 e. The quantitative estimate of drug-likeness (QED) is 0.502. The van der Waals surface area contributed by atoms with Crippen LogP contribution in [0, 0.1) is 6.92 Å². The molecule has 0 aliphatic heterocycles. The van der Waals surface area contributed by atoms with Crippen LogP contribution in [0.1, 0.15) is 15.9 Å². The van der Waals surface area contributed by atoms with Gasteiger partial charge in [-0.05, 0) is 36.8 Å². The number of rotatable bonds is 9. The monoisotopic (exact) mass is 409 g/mol. The van der Waals surface area contributed by atoms with Gasteiger partial charge in [0.05, 0.1) is 37.0 Å². The maximum absolute atomic E-state index is 12.9. The number of hydrogen-bond acceptors (Lipinski definition) is 7. The van der Waals surface area contributed by atoms with Crippen molar-refractivity contribution in [2.45, 2.75) is 11.8 Å². The van der Waals surface area contributed by atoms with Crippen LogP contribution in [-0.2, 0) is 19.5 Å². The highest BCUT2D eigenvalue weighted by atomic mass is 32.2. The van der Waals surface area contributed by atoms with Crippen LogP contribution in [0.5, 0.6) is 11.5 Å². The van der Waals surface area contributed by atoms with Gasteiger partial charge in [0.15, 0.2) is 11.5 Å². The van der Waals surface area contributed by atoms with Gasteiger partial charge < -0.3 is 18.9 Å². The Balaban J connectivity index is 2.33. The van der Waals surface area contributed by atoms with Crippen molar-refractivity contribution in [1.82, 2.24) is 0 Å². The first-order chi connectivity index (χ1) is 13.3. The first-order valence-electron chi connectivity index (χ1n) is 8.34. The molecule has 0 amide bonds. The molecule has 0 heterocycles. The molecule has 152 valence electrons. The molecule has 0 aliphatic rings. The number of methoxy groups -OCH3 is 3. The van der Waals surface area contributed by atoms with Gasteiger partial charge in [0, 0.05) is 13.2 Å². The summed E-state index contributed by atoms with van der Waals surface area (Å²) in [4.78, 5) is 11.7. The lowest BCUT2D eigenvalue weighted by Crippen LogP contribution is -2.15. The van der Waals surface area contributed by atoms with E-state index in [1.165, 1.54) is 32.4 Å². The molecule has 28 heavy (non-hydrogen) atoms. The van der Waals surface area contributed by atoms with Gasteiger partial charge in [-0.3, -0.25) is 4.72 Å². The number of nitrogens with one attached hydrogen (secondary N) is 1. The molecule has 0 aromatic heterocycles. The largest absolute Gasteiger partial charge is 0.493 e. The summed E-state index contributed by atoms with van der Waals surface area (Å²) in [6.07, 6.45) is 0. The van der Waals surface area contributed by atoms with Crippen LogP contribution in [0.15, 0.2) is 41.3 Å². The minimum atomic E-state index is -3.95. The second-order valence-corrected chi connectivity index (χ2v) is 7.44. The maximum Gasteiger partial charge on any atom is 0.337 e. The van der Waals surface area contributed by atoms with E-state index in [2.05, 4.69) is 9.46 Å². The molecule has 1 N–H and O–H groups in total. The van der Waals surface area contributed by atoms with E-state index in [-0.39, 0.29) is 22.8 Å². The van der Waals surface area contributed by atoms with Crippen molar-refractivity contribution < 1.29 is 32.2 Å². The molecule has 2 rings (SSSR count). The highest BCUT2D eigenvalue weighted by Gasteiger charge is 2.20. The number of sulfonamides is 1. The van der Waals surface area contributed by atoms with Crippen molar-refractivity contribution >= 4 is 21.7 Å². The average Bonchev–Trinajstić information content (AvgIpc) is 2.67. The first kappa shape index (κ1) is 21.5. The molecule has 0 radical (unpaired) electrons. The second-order valence-electron chi connectivity index (χ2n) is 5.78. The Morgan fingerprint density at radius 1 is 1.00 bits per heavy atom. The maximum atomic E-state index is 12.9. The van der Waals surface area contributed by atoms with Gasteiger partial charge >= 0.3 is 5.97 Å². The summed E-state index contributed by atoms with van der Waals surface area (Å²) in [6.45, 7) is 2.30. The molecule has 0 aliphatic carbocycles.